The number of hydrogen-bond acceptors (Lipinski definition) is 5. The molecule has 2 rings (SSSR count). The van der Waals surface area contributed by atoms with Crippen molar-refractivity contribution in [1.29, 1.82) is 0 Å². The summed E-state index contributed by atoms with van der Waals surface area (Å²) in [5, 5.41) is 3.35. The van der Waals surface area contributed by atoms with Crippen LogP contribution in [0.25, 0.3) is 6.08 Å². The summed E-state index contributed by atoms with van der Waals surface area (Å²) < 4.78 is 15.3. The average Bonchev–Trinajstić information content (AvgIpc) is 2.71. The SMILES string of the molecule is COC(=O)CC(NC(=O)/C=C/c1ccccc1Cl)c1ccc(OC)c(OC)c1. The number of carbonyl (C=O) groups excluding carboxylic acids is 2. The van der Waals surface area contributed by atoms with E-state index in [9.17, 15) is 9.59 Å². The molecule has 1 atom stereocenters. The molecular formula is C21H22ClNO5. The van der Waals surface area contributed by atoms with Crippen molar-refractivity contribution in [2.75, 3.05) is 21.3 Å². The smallest absolute Gasteiger partial charge is 0.307 e. The first-order valence-corrected chi connectivity index (χ1v) is 8.88. The second-order valence-electron chi connectivity index (χ2n) is 5.81. The quantitative estimate of drug-likeness (QED) is 0.536. The third kappa shape index (κ3) is 5.76. The van der Waals surface area contributed by atoms with E-state index in [0.717, 1.165) is 5.56 Å². The number of hydrogen-bond donors (Lipinski definition) is 1. The highest BCUT2D eigenvalue weighted by atomic mass is 35.5. The molecule has 28 heavy (non-hydrogen) atoms. The molecule has 1 N–H and O–H groups in total. The fourth-order valence-electron chi connectivity index (χ4n) is 2.57. The van der Waals surface area contributed by atoms with Crippen molar-refractivity contribution >= 4 is 29.6 Å². The van der Waals surface area contributed by atoms with Crippen LogP contribution >= 0.6 is 11.6 Å². The van der Waals surface area contributed by atoms with Gasteiger partial charge in [-0.15, -0.1) is 0 Å². The molecule has 7 heteroatoms. The van der Waals surface area contributed by atoms with Crippen molar-refractivity contribution in [3.05, 3.63) is 64.7 Å². The number of rotatable bonds is 8. The Bertz CT molecular complexity index is 866. The van der Waals surface area contributed by atoms with E-state index >= 15 is 0 Å². The van der Waals surface area contributed by atoms with Crippen LogP contribution in [0.2, 0.25) is 5.02 Å². The largest absolute Gasteiger partial charge is 0.493 e. The standard InChI is InChI=1S/C21H22ClNO5/c1-26-18-10-8-15(12-19(18)27-2)17(13-21(25)28-3)23-20(24)11-9-14-6-4-5-7-16(14)22/h4-12,17H,13H2,1-3H3,(H,23,24)/b11-9+. The summed E-state index contributed by atoms with van der Waals surface area (Å²) in [6.45, 7) is 0. The molecule has 0 aliphatic rings. The number of carbonyl (C=O) groups is 2. The van der Waals surface area contributed by atoms with Crippen LogP contribution < -0.4 is 14.8 Å². The number of methoxy groups -OCH3 is 3. The van der Waals surface area contributed by atoms with Crippen molar-refractivity contribution in [3.8, 4) is 11.5 Å². The Morgan fingerprint density at radius 1 is 1.07 bits per heavy atom. The van der Waals surface area contributed by atoms with Crippen LogP contribution in [0.4, 0.5) is 0 Å². The van der Waals surface area contributed by atoms with Gasteiger partial charge in [0.05, 0.1) is 33.8 Å². The van der Waals surface area contributed by atoms with Gasteiger partial charge >= 0.3 is 5.97 Å². The fraction of sp³-hybridized carbons (Fsp3) is 0.238. The first-order valence-electron chi connectivity index (χ1n) is 8.50. The van der Waals surface area contributed by atoms with Crippen LogP contribution in [0, 0.1) is 0 Å². The number of ether oxygens (including phenoxy) is 3. The third-order valence-corrected chi connectivity index (χ3v) is 4.39. The van der Waals surface area contributed by atoms with Gasteiger partial charge in [-0.05, 0) is 35.4 Å². The summed E-state index contributed by atoms with van der Waals surface area (Å²) >= 11 is 6.09. The van der Waals surface area contributed by atoms with Gasteiger partial charge in [0.15, 0.2) is 11.5 Å². The minimum atomic E-state index is -0.601. The van der Waals surface area contributed by atoms with Gasteiger partial charge < -0.3 is 19.5 Å². The molecule has 0 spiro atoms. The molecule has 2 aromatic carbocycles. The Balaban J connectivity index is 2.22. The number of benzene rings is 2. The Morgan fingerprint density at radius 3 is 2.43 bits per heavy atom. The number of esters is 1. The zero-order valence-corrected chi connectivity index (χ0v) is 16.7. The van der Waals surface area contributed by atoms with Crippen LogP contribution in [0.3, 0.4) is 0 Å². The highest BCUT2D eigenvalue weighted by Gasteiger charge is 2.20. The van der Waals surface area contributed by atoms with Gasteiger partial charge in [-0.1, -0.05) is 35.9 Å². The first kappa shape index (κ1) is 21.3. The molecule has 0 saturated heterocycles. The zero-order chi connectivity index (χ0) is 20.5. The lowest BCUT2D eigenvalue weighted by atomic mass is 10.0. The summed E-state index contributed by atoms with van der Waals surface area (Å²) in [5.74, 6) is 0.225. The Kier molecular flexibility index (Phi) is 7.89. The molecule has 0 aliphatic carbocycles. The fourth-order valence-corrected chi connectivity index (χ4v) is 2.77. The molecule has 1 amide bonds. The molecule has 0 aromatic heterocycles. The van der Waals surface area contributed by atoms with Gasteiger partial charge in [0.1, 0.15) is 0 Å². The monoisotopic (exact) mass is 403 g/mol. The molecule has 0 saturated carbocycles. The van der Waals surface area contributed by atoms with Gasteiger partial charge in [-0.3, -0.25) is 9.59 Å². The highest BCUT2D eigenvalue weighted by molar-refractivity contribution is 6.32. The van der Waals surface area contributed by atoms with Crippen LogP contribution in [0.1, 0.15) is 23.6 Å². The van der Waals surface area contributed by atoms with Gasteiger partial charge in [-0.25, -0.2) is 0 Å². The van der Waals surface area contributed by atoms with Gasteiger partial charge in [-0.2, -0.15) is 0 Å². The van der Waals surface area contributed by atoms with Gasteiger partial charge in [0.2, 0.25) is 5.91 Å². The number of halogens is 1. The lowest BCUT2D eigenvalue weighted by Gasteiger charge is -2.19. The first-order chi connectivity index (χ1) is 13.5. The minimum absolute atomic E-state index is 0.0301. The maximum Gasteiger partial charge on any atom is 0.307 e. The van der Waals surface area contributed by atoms with E-state index in [-0.39, 0.29) is 12.3 Å². The number of amides is 1. The van der Waals surface area contributed by atoms with E-state index in [1.165, 1.54) is 27.4 Å². The third-order valence-electron chi connectivity index (χ3n) is 4.04. The topological polar surface area (TPSA) is 73.9 Å². The predicted molar refractivity (Wildman–Crippen MR) is 108 cm³/mol. The number of nitrogens with one attached hydrogen (secondary N) is 1. The Hall–Kier alpha value is -2.99. The minimum Gasteiger partial charge on any atom is -0.493 e. The van der Waals surface area contributed by atoms with E-state index in [2.05, 4.69) is 5.32 Å². The van der Waals surface area contributed by atoms with Gasteiger partial charge in [0.25, 0.3) is 0 Å². The van der Waals surface area contributed by atoms with E-state index in [1.807, 2.05) is 12.1 Å². The van der Waals surface area contributed by atoms with Crippen LogP contribution in [0.5, 0.6) is 11.5 Å². The lowest BCUT2D eigenvalue weighted by Crippen LogP contribution is -2.29. The van der Waals surface area contributed by atoms with Crippen LogP contribution in [-0.2, 0) is 14.3 Å². The van der Waals surface area contributed by atoms with Crippen LogP contribution in [0.15, 0.2) is 48.5 Å². The summed E-state index contributed by atoms with van der Waals surface area (Å²) in [4.78, 5) is 24.2. The lowest BCUT2D eigenvalue weighted by molar-refractivity contribution is -0.141. The summed E-state index contributed by atoms with van der Waals surface area (Å²) in [6, 6.07) is 11.8. The van der Waals surface area contributed by atoms with E-state index < -0.39 is 12.0 Å². The summed E-state index contributed by atoms with van der Waals surface area (Å²) in [6.07, 6.45) is 2.95. The van der Waals surface area contributed by atoms with Crippen molar-refractivity contribution in [2.24, 2.45) is 0 Å². The van der Waals surface area contributed by atoms with E-state index in [4.69, 9.17) is 25.8 Å². The molecule has 0 radical (unpaired) electrons. The summed E-state index contributed by atoms with van der Waals surface area (Å²) in [5.41, 5.74) is 1.40. The molecule has 2 aromatic rings. The molecular weight excluding hydrogens is 382 g/mol. The molecule has 0 aliphatic heterocycles. The normalized spacial score (nSPS) is 11.7. The van der Waals surface area contributed by atoms with Crippen molar-refractivity contribution in [3.63, 3.8) is 0 Å². The molecule has 1 unspecified atom stereocenters. The molecule has 0 heterocycles. The molecule has 0 bridgehead atoms. The average molecular weight is 404 g/mol. The van der Waals surface area contributed by atoms with Crippen molar-refractivity contribution in [1.82, 2.24) is 5.32 Å². The second-order valence-corrected chi connectivity index (χ2v) is 6.22. The maximum absolute atomic E-state index is 12.4. The predicted octanol–water partition coefficient (Wildman–Crippen LogP) is 3.79. The van der Waals surface area contributed by atoms with Crippen molar-refractivity contribution in [2.45, 2.75) is 12.5 Å². The summed E-state index contributed by atoms with van der Waals surface area (Å²) in [7, 11) is 4.35. The molecule has 0 fully saturated rings. The van der Waals surface area contributed by atoms with E-state index in [0.29, 0.717) is 22.1 Å². The van der Waals surface area contributed by atoms with Crippen LogP contribution in [-0.4, -0.2) is 33.2 Å². The zero-order valence-electron chi connectivity index (χ0n) is 15.9. The van der Waals surface area contributed by atoms with Gasteiger partial charge in [0, 0.05) is 11.1 Å². The van der Waals surface area contributed by atoms with Crippen molar-refractivity contribution < 1.29 is 23.8 Å². The van der Waals surface area contributed by atoms with E-state index in [1.54, 1.807) is 36.4 Å². The highest BCUT2D eigenvalue weighted by Crippen LogP contribution is 2.31. The maximum atomic E-state index is 12.4. The Morgan fingerprint density at radius 2 is 1.79 bits per heavy atom. The molecule has 6 nitrogen and oxygen atoms in total. The second kappa shape index (κ2) is 10.4. The molecule has 148 valence electrons. The Labute approximate surface area is 169 Å².